The van der Waals surface area contributed by atoms with Gasteiger partial charge >= 0.3 is 6.09 Å². The smallest absolute Gasteiger partial charge is 0.410 e. The van der Waals surface area contributed by atoms with E-state index in [4.69, 9.17) is 15.8 Å². The Morgan fingerprint density at radius 1 is 1.37 bits per heavy atom. The predicted octanol–water partition coefficient (Wildman–Crippen LogP) is 2.59. The maximum Gasteiger partial charge on any atom is 0.410 e. The van der Waals surface area contributed by atoms with Crippen LogP contribution < -0.4 is 10.9 Å². The molecule has 1 saturated heterocycles. The monoisotopic (exact) mass is 430 g/mol. The molecule has 27 heavy (non-hydrogen) atoms. The Bertz CT molecular complexity index is 833. The van der Waals surface area contributed by atoms with Crippen molar-refractivity contribution in [3.05, 3.63) is 52.4 Å². The number of hydrogen-bond donors (Lipinski definition) is 1. The van der Waals surface area contributed by atoms with Crippen molar-refractivity contribution in [1.82, 2.24) is 14.9 Å². The molecule has 0 spiro atoms. The molecule has 0 unspecified atom stereocenters. The Hall–Kier alpha value is -2.70. The summed E-state index contributed by atoms with van der Waals surface area (Å²) in [4.78, 5) is 22.0. The second-order valence-corrected chi connectivity index (χ2v) is 7.00. The molecule has 2 heterocycles. The number of likely N-dealkylation sites (tertiary alicyclic amines) is 1. The van der Waals surface area contributed by atoms with E-state index in [0.29, 0.717) is 36.2 Å². The van der Waals surface area contributed by atoms with Crippen molar-refractivity contribution < 1.29 is 9.53 Å². The van der Waals surface area contributed by atoms with Gasteiger partial charge in [-0.1, -0.05) is 30.3 Å². The van der Waals surface area contributed by atoms with Crippen LogP contribution in [0.2, 0.25) is 0 Å². The van der Waals surface area contributed by atoms with Gasteiger partial charge in [0, 0.05) is 19.3 Å². The van der Waals surface area contributed by atoms with Crippen LogP contribution in [0.1, 0.15) is 24.2 Å². The first-order valence-electron chi connectivity index (χ1n) is 8.50. The van der Waals surface area contributed by atoms with Crippen molar-refractivity contribution >= 4 is 27.8 Å². The lowest BCUT2D eigenvalue weighted by molar-refractivity contribution is 0.0868. The molecule has 140 valence electrons. The van der Waals surface area contributed by atoms with E-state index in [0.717, 1.165) is 5.56 Å². The number of carbonyl (C=O) groups is 1. The van der Waals surface area contributed by atoms with Crippen molar-refractivity contribution in [3.8, 4) is 6.07 Å². The van der Waals surface area contributed by atoms with Crippen molar-refractivity contribution in [1.29, 1.82) is 5.26 Å². The fraction of sp³-hybridized carbons (Fsp3) is 0.333. The van der Waals surface area contributed by atoms with Gasteiger partial charge in [-0.05, 0) is 34.3 Å². The number of nitriles is 1. The number of benzene rings is 1. The van der Waals surface area contributed by atoms with Crippen LogP contribution in [0, 0.1) is 11.3 Å². The second kappa shape index (κ2) is 8.79. The number of nitrogens with zero attached hydrogens (tertiary/aromatic N) is 5. The topological polar surface area (TPSA) is 108 Å². The lowest BCUT2D eigenvalue weighted by Crippen LogP contribution is -2.50. The van der Waals surface area contributed by atoms with Gasteiger partial charge in [0.15, 0.2) is 5.82 Å². The van der Waals surface area contributed by atoms with Crippen LogP contribution in [-0.4, -0.2) is 40.1 Å². The lowest BCUT2D eigenvalue weighted by Gasteiger charge is -2.36. The summed E-state index contributed by atoms with van der Waals surface area (Å²) in [7, 11) is 0. The van der Waals surface area contributed by atoms with Gasteiger partial charge in [0.25, 0.3) is 0 Å². The van der Waals surface area contributed by atoms with Gasteiger partial charge in [0.1, 0.15) is 12.7 Å². The third-order valence-corrected chi connectivity index (χ3v) is 4.95. The average molecular weight is 431 g/mol. The number of nitrogens with two attached hydrogens (primary N) is 1. The molecule has 1 aliphatic heterocycles. The third-order valence-electron chi connectivity index (χ3n) is 4.39. The number of amides is 1. The molecule has 0 atom stereocenters. The molecular formula is C18H19BrN6O2. The van der Waals surface area contributed by atoms with E-state index >= 15 is 0 Å². The first-order valence-corrected chi connectivity index (χ1v) is 9.30. The minimum Gasteiger partial charge on any atom is -0.445 e. The number of hydrogen-bond acceptors (Lipinski definition) is 7. The maximum atomic E-state index is 12.3. The number of ether oxygens (including phenoxy) is 1. The fourth-order valence-electron chi connectivity index (χ4n) is 2.90. The summed E-state index contributed by atoms with van der Waals surface area (Å²) in [5.41, 5.74) is 0.954. The molecular weight excluding hydrogens is 412 g/mol. The van der Waals surface area contributed by atoms with E-state index in [-0.39, 0.29) is 24.6 Å². The van der Waals surface area contributed by atoms with Gasteiger partial charge < -0.3 is 9.64 Å². The van der Waals surface area contributed by atoms with Crippen molar-refractivity contribution in [3.63, 3.8) is 0 Å². The van der Waals surface area contributed by atoms with Crippen LogP contribution in [0.4, 0.5) is 10.6 Å². The number of hydrazine groups is 1. The van der Waals surface area contributed by atoms with Gasteiger partial charge in [-0.2, -0.15) is 10.2 Å². The van der Waals surface area contributed by atoms with Crippen molar-refractivity contribution in [2.45, 2.75) is 25.5 Å². The Morgan fingerprint density at radius 2 is 2.07 bits per heavy atom. The Kier molecular flexibility index (Phi) is 6.21. The minimum absolute atomic E-state index is 0.000848. The molecule has 1 fully saturated rings. The summed E-state index contributed by atoms with van der Waals surface area (Å²) in [6.45, 7) is 1.34. The molecule has 0 aliphatic carbocycles. The zero-order valence-electron chi connectivity index (χ0n) is 14.6. The third kappa shape index (κ3) is 4.72. The predicted molar refractivity (Wildman–Crippen MR) is 102 cm³/mol. The molecule has 1 aromatic heterocycles. The molecule has 3 rings (SSSR count). The van der Waals surface area contributed by atoms with E-state index in [9.17, 15) is 4.79 Å². The van der Waals surface area contributed by atoms with Crippen LogP contribution in [-0.2, 0) is 11.3 Å². The van der Waals surface area contributed by atoms with Crippen molar-refractivity contribution in [2.75, 3.05) is 18.1 Å². The fourth-order valence-corrected chi connectivity index (χ4v) is 3.30. The highest BCUT2D eigenvalue weighted by Gasteiger charge is 2.28. The van der Waals surface area contributed by atoms with Gasteiger partial charge in [-0.15, -0.1) is 0 Å². The summed E-state index contributed by atoms with van der Waals surface area (Å²) in [5.74, 6) is 6.74. The van der Waals surface area contributed by atoms with Crippen LogP contribution in [0.25, 0.3) is 0 Å². The van der Waals surface area contributed by atoms with E-state index < -0.39 is 0 Å². The highest BCUT2D eigenvalue weighted by molar-refractivity contribution is 9.10. The molecule has 1 amide bonds. The first kappa shape index (κ1) is 19.1. The molecule has 0 saturated carbocycles. The highest BCUT2D eigenvalue weighted by atomic mass is 79.9. The molecule has 2 aromatic rings. The molecule has 9 heteroatoms. The Balaban J connectivity index is 1.54. The van der Waals surface area contributed by atoms with E-state index in [1.807, 2.05) is 36.4 Å². The van der Waals surface area contributed by atoms with E-state index in [1.54, 1.807) is 9.91 Å². The highest BCUT2D eigenvalue weighted by Crippen LogP contribution is 2.26. The van der Waals surface area contributed by atoms with Crippen LogP contribution in [0.3, 0.4) is 0 Å². The van der Waals surface area contributed by atoms with Gasteiger partial charge in [0.05, 0.1) is 10.5 Å². The SMILES string of the molecule is N#Cc1ncc(Br)c(N(N)C2CCN(C(=O)OCc3ccccc3)CC2)n1. The molecule has 0 radical (unpaired) electrons. The normalized spacial score (nSPS) is 14.5. The molecule has 8 nitrogen and oxygen atoms in total. The molecule has 1 aromatic carbocycles. The largest absolute Gasteiger partial charge is 0.445 e. The zero-order valence-corrected chi connectivity index (χ0v) is 16.2. The lowest BCUT2D eigenvalue weighted by atomic mass is 10.0. The summed E-state index contributed by atoms with van der Waals surface area (Å²) in [6, 6.07) is 11.5. The number of halogens is 1. The zero-order chi connectivity index (χ0) is 19.2. The summed E-state index contributed by atoms with van der Waals surface area (Å²) >= 11 is 3.36. The number of anilines is 1. The van der Waals surface area contributed by atoms with E-state index in [2.05, 4.69) is 25.9 Å². The maximum absolute atomic E-state index is 12.3. The number of carbonyl (C=O) groups excluding carboxylic acids is 1. The van der Waals surface area contributed by atoms with E-state index in [1.165, 1.54) is 6.20 Å². The Morgan fingerprint density at radius 3 is 2.74 bits per heavy atom. The Labute approximate surface area is 165 Å². The van der Waals surface area contributed by atoms with Gasteiger partial charge in [-0.25, -0.2) is 15.6 Å². The second-order valence-electron chi connectivity index (χ2n) is 6.14. The van der Waals surface area contributed by atoms with Crippen LogP contribution in [0.15, 0.2) is 41.0 Å². The molecule has 0 bridgehead atoms. The number of aromatic nitrogens is 2. The number of piperidine rings is 1. The number of rotatable bonds is 4. The first-order chi connectivity index (χ1) is 13.1. The van der Waals surface area contributed by atoms with Crippen LogP contribution in [0.5, 0.6) is 0 Å². The van der Waals surface area contributed by atoms with Crippen molar-refractivity contribution in [2.24, 2.45) is 5.84 Å². The van der Waals surface area contributed by atoms with Gasteiger partial charge in [0.2, 0.25) is 5.82 Å². The summed E-state index contributed by atoms with van der Waals surface area (Å²) in [6.07, 6.45) is 2.54. The van der Waals surface area contributed by atoms with Crippen LogP contribution >= 0.6 is 15.9 Å². The average Bonchev–Trinajstić information content (AvgIpc) is 2.73. The quantitative estimate of drug-likeness (QED) is 0.586. The minimum atomic E-state index is -0.323. The van der Waals surface area contributed by atoms with Gasteiger partial charge in [-0.3, -0.25) is 5.01 Å². The molecule has 2 N–H and O–H groups in total. The summed E-state index contributed by atoms with van der Waals surface area (Å²) in [5, 5.41) is 10.5. The standard InChI is InChI=1S/C18H19BrN6O2/c19-15-11-22-16(10-20)23-17(15)25(21)14-6-8-24(9-7-14)18(26)27-12-13-4-2-1-3-5-13/h1-5,11,14H,6-9,12,21H2. The molecule has 1 aliphatic rings. The summed E-state index contributed by atoms with van der Waals surface area (Å²) < 4.78 is 5.99.